The summed E-state index contributed by atoms with van der Waals surface area (Å²) in [5, 5.41) is 12.9. The number of nitrogens with two attached hydrogens (primary N) is 1. The summed E-state index contributed by atoms with van der Waals surface area (Å²) in [6.07, 6.45) is -6.20. The summed E-state index contributed by atoms with van der Waals surface area (Å²) < 4.78 is 39.4. The minimum absolute atomic E-state index is 0.129. The highest BCUT2D eigenvalue weighted by Gasteiger charge is 2.41. The van der Waals surface area contributed by atoms with Gasteiger partial charge in [0.05, 0.1) is 12.3 Å². The van der Waals surface area contributed by atoms with Crippen LogP contribution in [0, 0.1) is 17.8 Å². The number of ketones is 1. The van der Waals surface area contributed by atoms with E-state index in [9.17, 15) is 32.7 Å². The van der Waals surface area contributed by atoms with E-state index in [2.05, 4.69) is 10.3 Å². The molecule has 2 aromatic rings. The molecule has 208 valence electrons. The maximum absolute atomic E-state index is 13.5. The Balaban J connectivity index is 1.70. The Morgan fingerprint density at radius 2 is 1.82 bits per heavy atom. The van der Waals surface area contributed by atoms with Crippen LogP contribution in [0.5, 0.6) is 0 Å². The quantitative estimate of drug-likeness (QED) is 0.403. The van der Waals surface area contributed by atoms with Gasteiger partial charge in [-0.15, -0.1) is 0 Å². The fourth-order valence-electron chi connectivity index (χ4n) is 4.97. The number of benzene rings is 2. The zero-order valence-electron chi connectivity index (χ0n) is 21.0. The number of halogens is 4. The number of nitrogens with zero attached hydrogens (tertiary/aromatic N) is 1. The molecular weight excluding hydrogens is 535 g/mol. The second-order valence-corrected chi connectivity index (χ2v) is 10.5. The zero-order valence-corrected chi connectivity index (χ0v) is 21.8. The van der Waals surface area contributed by atoms with Crippen LogP contribution in [0.4, 0.5) is 13.2 Å². The van der Waals surface area contributed by atoms with Crippen molar-refractivity contribution in [1.82, 2.24) is 5.32 Å². The lowest BCUT2D eigenvalue weighted by atomic mass is 9.83. The van der Waals surface area contributed by atoms with E-state index in [1.165, 1.54) is 0 Å². The number of carbonyl (C=O) groups excluding carboxylic acids is 3. The summed E-state index contributed by atoms with van der Waals surface area (Å²) in [6, 6.07) is 11.8. The number of hydrogen-bond acceptors (Lipinski definition) is 5. The van der Waals surface area contributed by atoms with Crippen LogP contribution in [0.1, 0.15) is 54.4 Å². The lowest BCUT2D eigenvalue weighted by Gasteiger charge is -2.26. The average molecular weight is 564 g/mol. The molecule has 39 heavy (non-hydrogen) atoms. The molecule has 1 saturated carbocycles. The van der Waals surface area contributed by atoms with Gasteiger partial charge in [0.15, 0.2) is 11.9 Å². The largest absolute Gasteiger partial charge is 0.392 e. The Morgan fingerprint density at radius 1 is 1.13 bits per heavy atom. The molecule has 2 aliphatic rings. The van der Waals surface area contributed by atoms with Crippen molar-refractivity contribution in [3.05, 3.63) is 69.7 Å². The van der Waals surface area contributed by atoms with E-state index in [0.29, 0.717) is 33.0 Å². The summed E-state index contributed by atoms with van der Waals surface area (Å²) in [5.74, 6) is -4.58. The second kappa shape index (κ2) is 11.9. The number of Topliss-reactive ketones (excluding diaryl/α,β-unsaturated/α-hetero) is 1. The van der Waals surface area contributed by atoms with E-state index in [1.807, 2.05) is 0 Å². The van der Waals surface area contributed by atoms with E-state index in [0.717, 1.165) is 12.8 Å². The van der Waals surface area contributed by atoms with Gasteiger partial charge < -0.3 is 16.2 Å². The van der Waals surface area contributed by atoms with Gasteiger partial charge in [-0.05, 0) is 42.0 Å². The molecule has 1 aliphatic carbocycles. The first-order valence-corrected chi connectivity index (χ1v) is 13.1. The minimum atomic E-state index is -4.54. The number of alkyl halides is 3. The molecule has 0 unspecified atom stereocenters. The van der Waals surface area contributed by atoms with Crippen LogP contribution in [0.15, 0.2) is 47.5 Å². The molecule has 0 bridgehead atoms. The highest BCUT2D eigenvalue weighted by molar-refractivity contribution is 6.30. The van der Waals surface area contributed by atoms with Crippen LogP contribution in [0.3, 0.4) is 0 Å². The van der Waals surface area contributed by atoms with Gasteiger partial charge in [0.2, 0.25) is 11.8 Å². The van der Waals surface area contributed by atoms with Gasteiger partial charge in [0.1, 0.15) is 0 Å². The number of aliphatic imine (C=N–C) groups is 1. The van der Waals surface area contributed by atoms with Crippen LogP contribution in [-0.2, 0) is 27.4 Å². The van der Waals surface area contributed by atoms with Gasteiger partial charge in [-0.3, -0.25) is 19.4 Å². The predicted molar refractivity (Wildman–Crippen MR) is 139 cm³/mol. The molecule has 2 amide bonds. The van der Waals surface area contributed by atoms with E-state index < -0.39 is 54.6 Å². The number of primary amides is 1. The third-order valence-electron chi connectivity index (χ3n) is 7.22. The molecule has 0 saturated heterocycles. The van der Waals surface area contributed by atoms with Crippen molar-refractivity contribution in [2.24, 2.45) is 28.5 Å². The SMILES string of the molecule is NC(=O)[C@@H](CC1CC1)[C@@H](CCC(F)(F)F)C(=O)N[C@H]1N=C(c2ccc(Cl)cc2)c2cccc(CO)c2CC1=O. The molecule has 0 aromatic heterocycles. The molecule has 4 rings (SSSR count). The van der Waals surface area contributed by atoms with Crippen molar-refractivity contribution in [2.75, 3.05) is 0 Å². The van der Waals surface area contributed by atoms with Gasteiger partial charge in [0.25, 0.3) is 0 Å². The summed E-state index contributed by atoms with van der Waals surface area (Å²) in [5.41, 5.74) is 8.10. The molecule has 0 spiro atoms. The Bertz CT molecular complexity index is 1280. The predicted octanol–water partition coefficient (Wildman–Crippen LogP) is 4.10. The van der Waals surface area contributed by atoms with Crippen molar-refractivity contribution >= 4 is 34.9 Å². The number of aliphatic hydroxyl groups is 1. The maximum Gasteiger partial charge on any atom is 0.389 e. The highest BCUT2D eigenvalue weighted by Crippen LogP contribution is 2.39. The van der Waals surface area contributed by atoms with Crippen molar-refractivity contribution in [3.8, 4) is 0 Å². The molecule has 2 aromatic carbocycles. The van der Waals surface area contributed by atoms with Crippen LogP contribution in [0.25, 0.3) is 0 Å². The standard InChI is InChI=1S/C28H29ClF3N3O4/c29-18-8-6-16(7-9-18)24-19-3-1-2-17(14-36)21(19)13-23(37)26(34-24)35-27(39)20(10-11-28(30,31)32)22(25(33)38)12-15-4-5-15/h1-3,6-9,15,20,22,26,36H,4-5,10-14H2,(H2,33,38)(H,35,39)/t20-,22+,26-/m1/s1. The number of fused-ring (bicyclic) bond motifs is 1. The van der Waals surface area contributed by atoms with Gasteiger partial charge >= 0.3 is 6.18 Å². The number of rotatable bonds is 10. The Hall–Kier alpha value is -3.24. The fourth-order valence-corrected chi connectivity index (χ4v) is 5.10. The first kappa shape index (κ1) is 28.8. The topological polar surface area (TPSA) is 122 Å². The van der Waals surface area contributed by atoms with Crippen molar-refractivity contribution in [3.63, 3.8) is 0 Å². The van der Waals surface area contributed by atoms with Gasteiger partial charge in [-0.25, -0.2) is 0 Å². The smallest absolute Gasteiger partial charge is 0.389 e. The van der Waals surface area contributed by atoms with E-state index in [-0.39, 0.29) is 25.4 Å². The molecular formula is C28H29ClF3N3O4. The minimum Gasteiger partial charge on any atom is -0.392 e. The van der Waals surface area contributed by atoms with E-state index >= 15 is 0 Å². The van der Waals surface area contributed by atoms with E-state index in [1.54, 1.807) is 42.5 Å². The third kappa shape index (κ3) is 7.24. The number of hydrogen-bond donors (Lipinski definition) is 3. The fraction of sp³-hybridized carbons (Fsp3) is 0.429. The number of amides is 2. The molecule has 4 N–H and O–H groups in total. The Kier molecular flexibility index (Phi) is 8.76. The van der Waals surface area contributed by atoms with Gasteiger partial charge in [-0.2, -0.15) is 13.2 Å². The molecule has 1 heterocycles. The molecule has 0 radical (unpaired) electrons. The molecule has 3 atom stereocenters. The maximum atomic E-state index is 13.5. The molecule has 7 nitrogen and oxygen atoms in total. The monoisotopic (exact) mass is 563 g/mol. The van der Waals surface area contributed by atoms with Crippen LogP contribution >= 0.6 is 11.6 Å². The lowest BCUT2D eigenvalue weighted by molar-refractivity contribution is -0.146. The lowest BCUT2D eigenvalue weighted by Crippen LogP contribution is -2.47. The summed E-state index contributed by atoms with van der Waals surface area (Å²) in [6.45, 7) is -0.331. The number of nitrogens with one attached hydrogen (secondary N) is 1. The summed E-state index contributed by atoms with van der Waals surface area (Å²) in [7, 11) is 0. The Labute approximate surface area is 228 Å². The third-order valence-corrected chi connectivity index (χ3v) is 7.47. The molecule has 1 aliphatic heterocycles. The van der Waals surface area contributed by atoms with Crippen LogP contribution < -0.4 is 11.1 Å². The normalized spacial score (nSPS) is 18.9. The van der Waals surface area contributed by atoms with Crippen molar-refractivity contribution < 1.29 is 32.7 Å². The van der Waals surface area contributed by atoms with E-state index in [4.69, 9.17) is 17.3 Å². The van der Waals surface area contributed by atoms with Crippen molar-refractivity contribution in [2.45, 2.75) is 57.5 Å². The zero-order chi connectivity index (χ0) is 28.3. The van der Waals surface area contributed by atoms with Crippen LogP contribution in [-0.4, -0.2) is 40.8 Å². The molecule has 1 fully saturated rings. The Morgan fingerprint density at radius 3 is 2.41 bits per heavy atom. The van der Waals surface area contributed by atoms with Gasteiger partial charge in [0, 0.05) is 40.8 Å². The first-order valence-electron chi connectivity index (χ1n) is 12.7. The highest BCUT2D eigenvalue weighted by atomic mass is 35.5. The first-order chi connectivity index (χ1) is 18.5. The average Bonchev–Trinajstić information content (AvgIpc) is 3.71. The number of aliphatic hydroxyl groups excluding tert-OH is 1. The molecule has 11 heteroatoms. The summed E-state index contributed by atoms with van der Waals surface area (Å²) >= 11 is 6.04. The summed E-state index contributed by atoms with van der Waals surface area (Å²) in [4.78, 5) is 43.6. The number of carbonyl (C=O) groups is 3. The van der Waals surface area contributed by atoms with Gasteiger partial charge in [-0.1, -0.05) is 54.8 Å². The second-order valence-electron chi connectivity index (χ2n) is 10.1. The van der Waals surface area contributed by atoms with Crippen LogP contribution in [0.2, 0.25) is 5.02 Å². The van der Waals surface area contributed by atoms with Crippen molar-refractivity contribution in [1.29, 1.82) is 0 Å².